The maximum Gasteiger partial charge on any atom is 0.139 e. The van der Waals surface area contributed by atoms with Gasteiger partial charge in [-0.05, 0) is 37.3 Å². The Balaban J connectivity index is 1.68. The molecule has 20 heavy (non-hydrogen) atoms. The van der Waals surface area contributed by atoms with E-state index < -0.39 is 0 Å². The van der Waals surface area contributed by atoms with Crippen LogP contribution in [0.4, 0.5) is 0 Å². The van der Waals surface area contributed by atoms with Crippen molar-refractivity contribution in [3.8, 4) is 5.75 Å². The second-order valence-corrected chi connectivity index (χ2v) is 6.76. The Morgan fingerprint density at radius 3 is 2.95 bits per heavy atom. The van der Waals surface area contributed by atoms with Gasteiger partial charge in [-0.15, -0.1) is 0 Å². The minimum absolute atomic E-state index is 0.523. The summed E-state index contributed by atoms with van der Waals surface area (Å²) in [5.74, 6) is 2.04. The van der Waals surface area contributed by atoms with E-state index in [0.717, 1.165) is 18.6 Å². The van der Waals surface area contributed by atoms with Crippen molar-refractivity contribution >= 4 is 23.2 Å². The Bertz CT molecular complexity index is 480. The van der Waals surface area contributed by atoms with Crippen LogP contribution < -0.4 is 10.1 Å². The van der Waals surface area contributed by atoms with E-state index in [-0.39, 0.29) is 0 Å². The first-order valence-electron chi connectivity index (χ1n) is 7.52. The van der Waals surface area contributed by atoms with Crippen LogP contribution in [-0.2, 0) is 0 Å². The lowest BCUT2D eigenvalue weighted by Gasteiger charge is -2.37. The van der Waals surface area contributed by atoms with Gasteiger partial charge in [-0.2, -0.15) is 0 Å². The Morgan fingerprint density at radius 1 is 1.30 bits per heavy atom. The molecule has 2 aliphatic heterocycles. The molecule has 2 fully saturated rings. The van der Waals surface area contributed by atoms with E-state index in [0.29, 0.717) is 27.8 Å². The number of ether oxygens (including phenoxy) is 1. The molecule has 4 atom stereocenters. The number of fused-ring (bicyclic) bond motifs is 2. The van der Waals surface area contributed by atoms with Crippen LogP contribution in [-0.4, -0.2) is 18.7 Å². The molecular weight excluding hydrogens is 293 g/mol. The van der Waals surface area contributed by atoms with Crippen LogP contribution in [0.2, 0.25) is 10.0 Å². The van der Waals surface area contributed by atoms with E-state index in [9.17, 15) is 0 Å². The largest absolute Gasteiger partial charge is 0.492 e. The van der Waals surface area contributed by atoms with Gasteiger partial charge in [0.2, 0.25) is 0 Å². The normalized spacial score (nSPS) is 32.4. The van der Waals surface area contributed by atoms with E-state index in [2.05, 4.69) is 12.2 Å². The second kappa shape index (κ2) is 6.13. The third kappa shape index (κ3) is 2.79. The predicted octanol–water partition coefficient (Wildman–Crippen LogP) is 4.54. The van der Waals surface area contributed by atoms with Crippen LogP contribution in [0.3, 0.4) is 0 Å². The number of hydrogen-bond donors (Lipinski definition) is 1. The zero-order valence-electron chi connectivity index (χ0n) is 11.7. The summed E-state index contributed by atoms with van der Waals surface area (Å²) in [7, 11) is 0. The molecule has 2 heterocycles. The monoisotopic (exact) mass is 313 g/mol. The summed E-state index contributed by atoms with van der Waals surface area (Å²) in [5, 5.41) is 4.81. The molecule has 1 aromatic rings. The van der Waals surface area contributed by atoms with Crippen LogP contribution in [0.1, 0.15) is 32.6 Å². The maximum absolute atomic E-state index is 6.19. The smallest absolute Gasteiger partial charge is 0.139 e. The van der Waals surface area contributed by atoms with Gasteiger partial charge < -0.3 is 10.1 Å². The molecule has 4 heteroatoms. The molecule has 110 valence electrons. The third-order valence-corrected chi connectivity index (χ3v) is 5.66. The first-order chi connectivity index (χ1) is 9.69. The molecule has 2 nitrogen and oxygen atoms in total. The van der Waals surface area contributed by atoms with Crippen molar-refractivity contribution in [2.24, 2.45) is 11.8 Å². The van der Waals surface area contributed by atoms with Crippen molar-refractivity contribution < 1.29 is 4.74 Å². The molecule has 3 rings (SSSR count). The van der Waals surface area contributed by atoms with Crippen molar-refractivity contribution in [2.75, 3.05) is 6.61 Å². The number of hydrogen-bond acceptors (Lipinski definition) is 2. The summed E-state index contributed by atoms with van der Waals surface area (Å²) in [5.41, 5.74) is 0. The minimum Gasteiger partial charge on any atom is -0.492 e. The highest BCUT2D eigenvalue weighted by Gasteiger charge is 2.40. The van der Waals surface area contributed by atoms with Gasteiger partial charge in [0.15, 0.2) is 0 Å². The fourth-order valence-electron chi connectivity index (χ4n) is 3.75. The molecule has 2 aliphatic rings. The van der Waals surface area contributed by atoms with E-state index in [1.165, 1.54) is 25.7 Å². The number of rotatable bonds is 4. The average molecular weight is 314 g/mol. The Kier molecular flexibility index (Phi) is 4.44. The van der Waals surface area contributed by atoms with E-state index in [1.54, 1.807) is 6.07 Å². The molecule has 0 radical (unpaired) electrons. The molecule has 0 amide bonds. The van der Waals surface area contributed by atoms with Gasteiger partial charge in [0.05, 0.1) is 11.6 Å². The molecule has 2 bridgehead atoms. The van der Waals surface area contributed by atoms with Crippen molar-refractivity contribution in [3.05, 3.63) is 28.2 Å². The van der Waals surface area contributed by atoms with Gasteiger partial charge in [-0.1, -0.05) is 42.6 Å². The van der Waals surface area contributed by atoms with Gasteiger partial charge in [-0.3, -0.25) is 0 Å². The van der Waals surface area contributed by atoms with E-state index in [1.807, 2.05) is 12.1 Å². The lowest BCUT2D eigenvalue weighted by Crippen LogP contribution is -2.47. The number of piperidine rings is 1. The zero-order valence-corrected chi connectivity index (χ0v) is 13.3. The summed E-state index contributed by atoms with van der Waals surface area (Å²) in [6.45, 7) is 3.01. The van der Waals surface area contributed by atoms with Crippen LogP contribution in [0, 0.1) is 11.8 Å². The van der Waals surface area contributed by atoms with Crippen molar-refractivity contribution in [2.45, 2.75) is 44.7 Å². The fraction of sp³-hybridized carbons (Fsp3) is 0.625. The summed E-state index contributed by atoms with van der Waals surface area (Å²) >= 11 is 12.2. The second-order valence-electron chi connectivity index (χ2n) is 5.98. The first kappa shape index (κ1) is 14.5. The van der Waals surface area contributed by atoms with Crippen molar-refractivity contribution in [1.82, 2.24) is 5.32 Å². The molecular formula is C16H21Cl2NO. The summed E-state index contributed by atoms with van der Waals surface area (Å²) in [4.78, 5) is 0. The van der Waals surface area contributed by atoms with E-state index in [4.69, 9.17) is 27.9 Å². The van der Waals surface area contributed by atoms with Crippen LogP contribution in [0.25, 0.3) is 0 Å². The average Bonchev–Trinajstić information content (AvgIpc) is 2.84. The van der Waals surface area contributed by atoms with Crippen LogP contribution >= 0.6 is 23.2 Å². The quantitative estimate of drug-likeness (QED) is 0.881. The predicted molar refractivity (Wildman–Crippen MR) is 83.8 cm³/mol. The van der Waals surface area contributed by atoms with Crippen molar-refractivity contribution in [3.63, 3.8) is 0 Å². The number of nitrogens with one attached hydrogen (secondary N) is 1. The van der Waals surface area contributed by atoms with Crippen LogP contribution in [0.15, 0.2) is 18.2 Å². The highest BCUT2D eigenvalue weighted by molar-refractivity contribution is 6.42. The fourth-order valence-corrected chi connectivity index (χ4v) is 4.09. The standard InChI is InChI=1S/C16H21Cl2NO/c1-2-10-8-11-6-7-14(19-11)12(10)9-20-15-5-3-4-13(17)16(15)18/h3-5,10-12,14,19H,2,6-9H2,1H3/t10-,11?,12+,14?/m1/s1. The minimum atomic E-state index is 0.523. The number of halogens is 2. The maximum atomic E-state index is 6.19. The molecule has 1 N–H and O–H groups in total. The van der Waals surface area contributed by atoms with Crippen molar-refractivity contribution in [1.29, 1.82) is 0 Å². The molecule has 0 aliphatic carbocycles. The molecule has 1 aromatic carbocycles. The SMILES string of the molecule is CC[C@@H]1CC2CCC(N2)[C@H]1COc1cccc(Cl)c1Cl. The van der Waals surface area contributed by atoms with Gasteiger partial charge in [0.25, 0.3) is 0 Å². The van der Waals surface area contributed by atoms with Gasteiger partial charge >= 0.3 is 0 Å². The molecule has 0 aromatic heterocycles. The summed E-state index contributed by atoms with van der Waals surface area (Å²) in [6, 6.07) is 6.90. The first-order valence-corrected chi connectivity index (χ1v) is 8.27. The van der Waals surface area contributed by atoms with Gasteiger partial charge in [0, 0.05) is 18.0 Å². The molecule has 2 saturated heterocycles. The Hall–Kier alpha value is -0.440. The topological polar surface area (TPSA) is 21.3 Å². The lowest BCUT2D eigenvalue weighted by atomic mass is 9.80. The zero-order chi connectivity index (χ0) is 14.1. The van der Waals surface area contributed by atoms with Gasteiger partial charge in [0.1, 0.15) is 10.8 Å². The highest BCUT2D eigenvalue weighted by atomic mass is 35.5. The molecule has 2 unspecified atom stereocenters. The van der Waals surface area contributed by atoms with E-state index >= 15 is 0 Å². The number of benzene rings is 1. The highest BCUT2D eigenvalue weighted by Crippen LogP contribution is 2.38. The van der Waals surface area contributed by atoms with Gasteiger partial charge in [-0.25, -0.2) is 0 Å². The third-order valence-electron chi connectivity index (χ3n) is 4.86. The summed E-state index contributed by atoms with van der Waals surface area (Å²) in [6.07, 6.45) is 5.10. The Morgan fingerprint density at radius 2 is 2.15 bits per heavy atom. The molecule has 0 spiro atoms. The molecule has 0 saturated carbocycles. The lowest BCUT2D eigenvalue weighted by molar-refractivity contribution is 0.120. The van der Waals surface area contributed by atoms with Crippen LogP contribution in [0.5, 0.6) is 5.75 Å². The summed E-state index contributed by atoms with van der Waals surface area (Å²) < 4.78 is 5.98. The Labute approximate surface area is 130 Å².